The molecule has 0 saturated carbocycles. The highest BCUT2D eigenvalue weighted by Gasteiger charge is 2.20. The summed E-state index contributed by atoms with van der Waals surface area (Å²) in [5, 5.41) is 3.21. The van der Waals surface area contributed by atoms with Crippen molar-refractivity contribution in [1.29, 1.82) is 0 Å². The zero-order chi connectivity index (χ0) is 12.7. The summed E-state index contributed by atoms with van der Waals surface area (Å²) in [6.45, 7) is 7.39. The Morgan fingerprint density at radius 3 is 2.67 bits per heavy atom. The number of morpholine rings is 1. The first-order chi connectivity index (χ1) is 8.70. The maximum Gasteiger partial charge on any atom is 0.164 e. The lowest BCUT2D eigenvalue weighted by atomic mass is 10.2. The van der Waals surface area contributed by atoms with E-state index in [9.17, 15) is 0 Å². The first-order valence-corrected chi connectivity index (χ1v) is 6.11. The van der Waals surface area contributed by atoms with Crippen molar-refractivity contribution in [2.45, 2.75) is 13.8 Å². The van der Waals surface area contributed by atoms with E-state index in [-0.39, 0.29) is 0 Å². The lowest BCUT2D eigenvalue weighted by Gasteiger charge is -2.31. The van der Waals surface area contributed by atoms with Gasteiger partial charge in [0.15, 0.2) is 5.65 Å². The Morgan fingerprint density at radius 1 is 1.22 bits per heavy atom. The van der Waals surface area contributed by atoms with E-state index < -0.39 is 0 Å². The average molecular weight is 247 g/mol. The first-order valence-electron chi connectivity index (χ1n) is 6.11. The molecule has 3 heterocycles. The number of nitrogens with two attached hydrogens (primary N) is 1. The van der Waals surface area contributed by atoms with Crippen molar-refractivity contribution < 1.29 is 4.74 Å². The second-order valence-corrected chi connectivity index (χ2v) is 4.55. The molecule has 1 aliphatic rings. The average Bonchev–Trinajstić information content (AvgIpc) is 2.64. The van der Waals surface area contributed by atoms with Crippen LogP contribution in [0.2, 0.25) is 0 Å². The predicted molar refractivity (Wildman–Crippen MR) is 70.2 cm³/mol. The Kier molecular flexibility index (Phi) is 2.59. The summed E-state index contributed by atoms with van der Waals surface area (Å²) in [6.07, 6.45) is 1.52. The molecule has 0 spiro atoms. The number of hydrogen-bond acceptors (Lipinski definition) is 5. The van der Waals surface area contributed by atoms with Crippen molar-refractivity contribution in [3.05, 3.63) is 17.6 Å². The standard InChI is InChI=1S/C12H17N5O/c1-8-9(2)17(16-3-5-18-6-4-16)12-10(8)11(13)14-7-15-12/h7H,3-6H2,1-2H3,(H2,13,14,15). The Hall–Kier alpha value is -1.82. The molecule has 18 heavy (non-hydrogen) atoms. The predicted octanol–water partition coefficient (Wildman–Crippen LogP) is 0.599. The molecule has 0 unspecified atom stereocenters. The summed E-state index contributed by atoms with van der Waals surface area (Å²) in [5.41, 5.74) is 9.16. The minimum atomic E-state index is 0.549. The van der Waals surface area contributed by atoms with Gasteiger partial charge >= 0.3 is 0 Å². The van der Waals surface area contributed by atoms with Gasteiger partial charge in [-0.25, -0.2) is 14.6 Å². The molecule has 0 aliphatic carbocycles. The molecule has 3 rings (SSSR count). The third-order valence-corrected chi connectivity index (χ3v) is 3.56. The fraction of sp³-hybridized carbons (Fsp3) is 0.500. The van der Waals surface area contributed by atoms with Crippen LogP contribution >= 0.6 is 0 Å². The van der Waals surface area contributed by atoms with Crippen LogP contribution in [0.4, 0.5) is 5.82 Å². The Labute approximate surface area is 105 Å². The van der Waals surface area contributed by atoms with Gasteiger partial charge < -0.3 is 15.5 Å². The molecule has 6 nitrogen and oxygen atoms in total. The van der Waals surface area contributed by atoms with E-state index >= 15 is 0 Å². The number of rotatable bonds is 1. The monoisotopic (exact) mass is 247 g/mol. The van der Waals surface area contributed by atoms with E-state index in [2.05, 4.69) is 33.5 Å². The maximum absolute atomic E-state index is 5.96. The minimum absolute atomic E-state index is 0.549. The molecule has 0 radical (unpaired) electrons. The van der Waals surface area contributed by atoms with Crippen LogP contribution in [0.5, 0.6) is 0 Å². The summed E-state index contributed by atoms with van der Waals surface area (Å²) < 4.78 is 7.54. The molecule has 2 aromatic rings. The topological polar surface area (TPSA) is 69.2 Å². The SMILES string of the molecule is Cc1c(C)n(N2CCOCC2)c2ncnc(N)c12. The number of nitrogens with zero attached hydrogens (tertiary/aromatic N) is 4. The second kappa shape index (κ2) is 4.13. The van der Waals surface area contributed by atoms with Crippen LogP contribution in [0, 0.1) is 13.8 Å². The van der Waals surface area contributed by atoms with Gasteiger partial charge in [-0.05, 0) is 19.4 Å². The van der Waals surface area contributed by atoms with Gasteiger partial charge in [0.05, 0.1) is 31.7 Å². The number of anilines is 1. The molecular formula is C12H17N5O. The normalized spacial score (nSPS) is 16.4. The van der Waals surface area contributed by atoms with Crippen molar-refractivity contribution in [2.75, 3.05) is 37.0 Å². The Balaban J connectivity index is 2.22. The van der Waals surface area contributed by atoms with Crippen LogP contribution in [-0.4, -0.2) is 40.9 Å². The highest BCUT2D eigenvalue weighted by Crippen LogP contribution is 2.27. The molecule has 0 amide bonds. The summed E-state index contributed by atoms with van der Waals surface area (Å²) in [5.74, 6) is 0.549. The van der Waals surface area contributed by atoms with Crippen LogP contribution in [-0.2, 0) is 4.74 Å². The Bertz CT molecular complexity index is 586. The van der Waals surface area contributed by atoms with Gasteiger partial charge in [-0.2, -0.15) is 0 Å². The molecule has 2 N–H and O–H groups in total. The van der Waals surface area contributed by atoms with Crippen molar-refractivity contribution in [2.24, 2.45) is 0 Å². The van der Waals surface area contributed by atoms with E-state index in [0.717, 1.165) is 42.9 Å². The van der Waals surface area contributed by atoms with Crippen LogP contribution in [0.3, 0.4) is 0 Å². The smallest absolute Gasteiger partial charge is 0.164 e. The first kappa shape index (κ1) is 11.3. The summed E-state index contributed by atoms with van der Waals surface area (Å²) >= 11 is 0. The van der Waals surface area contributed by atoms with Crippen LogP contribution in [0.1, 0.15) is 11.3 Å². The maximum atomic E-state index is 5.96. The minimum Gasteiger partial charge on any atom is -0.383 e. The van der Waals surface area contributed by atoms with Gasteiger partial charge in [0.2, 0.25) is 0 Å². The number of aryl methyl sites for hydroxylation is 1. The van der Waals surface area contributed by atoms with Crippen molar-refractivity contribution in [1.82, 2.24) is 14.6 Å². The fourth-order valence-electron chi connectivity index (χ4n) is 2.51. The number of fused-ring (bicyclic) bond motifs is 1. The Morgan fingerprint density at radius 2 is 1.94 bits per heavy atom. The molecule has 2 aromatic heterocycles. The zero-order valence-electron chi connectivity index (χ0n) is 10.7. The highest BCUT2D eigenvalue weighted by molar-refractivity contribution is 5.91. The quantitative estimate of drug-likeness (QED) is 0.799. The van der Waals surface area contributed by atoms with Crippen molar-refractivity contribution in [3.63, 3.8) is 0 Å². The van der Waals surface area contributed by atoms with Gasteiger partial charge in [-0.15, -0.1) is 0 Å². The lowest BCUT2D eigenvalue weighted by molar-refractivity contribution is 0.111. The largest absolute Gasteiger partial charge is 0.383 e. The van der Waals surface area contributed by atoms with Crippen LogP contribution < -0.4 is 10.7 Å². The number of aromatic nitrogens is 3. The van der Waals surface area contributed by atoms with Gasteiger partial charge in [0.25, 0.3) is 0 Å². The molecule has 1 aliphatic heterocycles. The van der Waals surface area contributed by atoms with E-state index in [1.54, 1.807) is 0 Å². The third kappa shape index (κ3) is 1.53. The molecule has 0 bridgehead atoms. The molecule has 1 saturated heterocycles. The van der Waals surface area contributed by atoms with E-state index in [0.29, 0.717) is 5.82 Å². The van der Waals surface area contributed by atoms with Gasteiger partial charge in [-0.3, -0.25) is 0 Å². The molecule has 6 heteroatoms. The summed E-state index contributed by atoms with van der Waals surface area (Å²) in [4.78, 5) is 8.47. The fourth-order valence-corrected chi connectivity index (χ4v) is 2.51. The second-order valence-electron chi connectivity index (χ2n) is 4.55. The third-order valence-electron chi connectivity index (χ3n) is 3.56. The number of nitrogen functional groups attached to an aromatic ring is 1. The lowest BCUT2D eigenvalue weighted by Crippen LogP contribution is -2.44. The van der Waals surface area contributed by atoms with E-state index in [1.165, 1.54) is 12.0 Å². The van der Waals surface area contributed by atoms with Gasteiger partial charge in [0, 0.05) is 5.69 Å². The molecule has 96 valence electrons. The van der Waals surface area contributed by atoms with Gasteiger partial charge in [0.1, 0.15) is 12.1 Å². The van der Waals surface area contributed by atoms with E-state index in [1.807, 2.05) is 0 Å². The van der Waals surface area contributed by atoms with Crippen molar-refractivity contribution >= 4 is 16.9 Å². The molecule has 0 aromatic carbocycles. The number of ether oxygens (including phenoxy) is 1. The summed E-state index contributed by atoms with van der Waals surface area (Å²) in [6, 6.07) is 0. The van der Waals surface area contributed by atoms with Crippen LogP contribution in [0.25, 0.3) is 11.0 Å². The summed E-state index contributed by atoms with van der Waals surface area (Å²) in [7, 11) is 0. The molecular weight excluding hydrogens is 230 g/mol. The molecule has 1 fully saturated rings. The highest BCUT2D eigenvalue weighted by atomic mass is 16.5. The van der Waals surface area contributed by atoms with Crippen molar-refractivity contribution in [3.8, 4) is 0 Å². The zero-order valence-corrected chi connectivity index (χ0v) is 10.7. The molecule has 0 atom stereocenters. The van der Waals surface area contributed by atoms with Crippen LogP contribution in [0.15, 0.2) is 6.33 Å². The number of hydrogen-bond donors (Lipinski definition) is 1. The van der Waals surface area contributed by atoms with E-state index in [4.69, 9.17) is 10.5 Å². The van der Waals surface area contributed by atoms with Gasteiger partial charge in [-0.1, -0.05) is 0 Å².